The Kier molecular flexibility index (Phi) is 4.62. The molecule has 1 aromatic rings. The highest BCUT2D eigenvalue weighted by molar-refractivity contribution is 7.99. The van der Waals surface area contributed by atoms with Gasteiger partial charge in [0.1, 0.15) is 6.10 Å². The van der Waals surface area contributed by atoms with Gasteiger partial charge in [0.2, 0.25) is 5.75 Å². The molecule has 102 valence electrons. The standard InChI is InChI=1S/C12H13NO5S/c14-12(17-9-5-7-19-8-6-9)18-11-4-2-1-3-10(11)13(15)16/h1-4,9H,5-8H2. The molecule has 1 aliphatic rings. The van der Waals surface area contributed by atoms with Crippen LogP contribution in [0.1, 0.15) is 12.8 Å². The molecule has 0 N–H and O–H groups in total. The van der Waals surface area contributed by atoms with Crippen molar-refractivity contribution in [2.75, 3.05) is 11.5 Å². The summed E-state index contributed by atoms with van der Waals surface area (Å²) >= 11 is 1.81. The van der Waals surface area contributed by atoms with Crippen LogP contribution in [0.25, 0.3) is 0 Å². The van der Waals surface area contributed by atoms with Crippen molar-refractivity contribution in [1.82, 2.24) is 0 Å². The van der Waals surface area contributed by atoms with Crippen LogP contribution in [0.4, 0.5) is 10.5 Å². The summed E-state index contributed by atoms with van der Waals surface area (Å²) in [5.74, 6) is 1.80. The average Bonchev–Trinajstić information content (AvgIpc) is 2.40. The van der Waals surface area contributed by atoms with E-state index in [0.717, 1.165) is 24.3 Å². The van der Waals surface area contributed by atoms with Gasteiger partial charge in [0, 0.05) is 6.07 Å². The maximum absolute atomic E-state index is 11.6. The third-order valence-electron chi connectivity index (χ3n) is 2.69. The van der Waals surface area contributed by atoms with Gasteiger partial charge in [-0.15, -0.1) is 0 Å². The number of carbonyl (C=O) groups is 1. The summed E-state index contributed by atoms with van der Waals surface area (Å²) in [6.07, 6.45) is 0.538. The third-order valence-corrected chi connectivity index (χ3v) is 3.74. The van der Waals surface area contributed by atoms with E-state index in [0.29, 0.717) is 0 Å². The lowest BCUT2D eigenvalue weighted by Crippen LogP contribution is -2.24. The molecule has 1 fully saturated rings. The number of hydrogen-bond acceptors (Lipinski definition) is 6. The van der Waals surface area contributed by atoms with Gasteiger partial charge in [-0.05, 0) is 30.4 Å². The Morgan fingerprint density at radius 2 is 2.00 bits per heavy atom. The van der Waals surface area contributed by atoms with E-state index >= 15 is 0 Å². The van der Waals surface area contributed by atoms with Gasteiger partial charge in [-0.3, -0.25) is 10.1 Å². The summed E-state index contributed by atoms with van der Waals surface area (Å²) < 4.78 is 10.0. The van der Waals surface area contributed by atoms with Crippen LogP contribution in [0, 0.1) is 10.1 Å². The molecule has 1 aliphatic heterocycles. The Bertz CT molecular complexity index is 473. The maximum Gasteiger partial charge on any atom is 0.514 e. The zero-order valence-electron chi connectivity index (χ0n) is 10.1. The number of ether oxygens (including phenoxy) is 2. The molecule has 0 radical (unpaired) electrons. The molecule has 0 aromatic heterocycles. The summed E-state index contributed by atoms with van der Waals surface area (Å²) in [4.78, 5) is 21.7. The minimum absolute atomic E-state index is 0.0947. The van der Waals surface area contributed by atoms with Gasteiger partial charge in [-0.25, -0.2) is 4.79 Å². The summed E-state index contributed by atoms with van der Waals surface area (Å²) in [6.45, 7) is 0. The molecule has 0 saturated carbocycles. The first-order chi connectivity index (χ1) is 9.16. The van der Waals surface area contributed by atoms with E-state index in [-0.39, 0.29) is 17.5 Å². The van der Waals surface area contributed by atoms with Gasteiger partial charge in [-0.1, -0.05) is 12.1 Å². The Labute approximate surface area is 114 Å². The van der Waals surface area contributed by atoms with Crippen molar-refractivity contribution in [2.45, 2.75) is 18.9 Å². The van der Waals surface area contributed by atoms with E-state index in [2.05, 4.69) is 0 Å². The number of carbonyl (C=O) groups excluding carboxylic acids is 1. The molecule has 0 atom stereocenters. The molecular weight excluding hydrogens is 270 g/mol. The molecule has 0 amide bonds. The first kappa shape index (κ1) is 13.7. The van der Waals surface area contributed by atoms with Crippen LogP contribution >= 0.6 is 11.8 Å². The first-order valence-corrected chi connectivity index (χ1v) is 7.02. The van der Waals surface area contributed by atoms with Gasteiger partial charge in [-0.2, -0.15) is 11.8 Å². The van der Waals surface area contributed by atoms with E-state index < -0.39 is 11.1 Å². The molecule has 0 spiro atoms. The molecule has 0 aliphatic carbocycles. The molecular formula is C12H13NO5S. The molecule has 1 heterocycles. The smallest absolute Gasteiger partial charge is 0.431 e. The van der Waals surface area contributed by atoms with Crippen molar-refractivity contribution >= 4 is 23.6 Å². The monoisotopic (exact) mass is 283 g/mol. The molecule has 2 rings (SSSR count). The summed E-state index contributed by atoms with van der Waals surface area (Å²) in [5.41, 5.74) is -0.251. The molecule has 0 bridgehead atoms. The van der Waals surface area contributed by atoms with Crippen molar-refractivity contribution in [3.8, 4) is 5.75 Å². The second-order valence-electron chi connectivity index (χ2n) is 4.01. The predicted octanol–water partition coefficient (Wildman–Crippen LogP) is 3.01. The fraction of sp³-hybridized carbons (Fsp3) is 0.417. The number of nitro groups is 1. The van der Waals surface area contributed by atoms with Crippen molar-refractivity contribution in [1.29, 1.82) is 0 Å². The normalized spacial score (nSPS) is 15.8. The van der Waals surface area contributed by atoms with Gasteiger partial charge < -0.3 is 9.47 Å². The Morgan fingerprint density at radius 3 is 2.68 bits per heavy atom. The highest BCUT2D eigenvalue weighted by Crippen LogP contribution is 2.27. The first-order valence-electron chi connectivity index (χ1n) is 5.86. The van der Waals surface area contributed by atoms with E-state index in [4.69, 9.17) is 9.47 Å². The van der Waals surface area contributed by atoms with E-state index in [1.807, 2.05) is 11.8 Å². The summed E-state index contributed by atoms with van der Waals surface area (Å²) in [5, 5.41) is 10.8. The lowest BCUT2D eigenvalue weighted by Gasteiger charge is -2.20. The van der Waals surface area contributed by atoms with Gasteiger partial charge in [0.05, 0.1) is 4.92 Å². The quantitative estimate of drug-likeness (QED) is 0.367. The lowest BCUT2D eigenvalue weighted by atomic mass is 10.2. The van der Waals surface area contributed by atoms with Crippen molar-refractivity contribution in [2.24, 2.45) is 0 Å². The number of hydrogen-bond donors (Lipinski definition) is 0. The molecule has 6 nitrogen and oxygen atoms in total. The van der Waals surface area contributed by atoms with Crippen LogP contribution in [-0.2, 0) is 4.74 Å². The fourth-order valence-electron chi connectivity index (χ4n) is 1.74. The summed E-state index contributed by atoms with van der Waals surface area (Å²) in [7, 11) is 0. The van der Waals surface area contributed by atoms with Crippen LogP contribution in [0.5, 0.6) is 5.75 Å². The van der Waals surface area contributed by atoms with Crippen LogP contribution in [-0.4, -0.2) is 28.7 Å². The van der Waals surface area contributed by atoms with E-state index in [1.165, 1.54) is 18.2 Å². The van der Waals surface area contributed by atoms with Crippen LogP contribution in [0.2, 0.25) is 0 Å². The predicted molar refractivity (Wildman–Crippen MR) is 70.6 cm³/mol. The zero-order valence-corrected chi connectivity index (χ0v) is 10.9. The van der Waals surface area contributed by atoms with Gasteiger partial charge in [0.25, 0.3) is 0 Å². The SMILES string of the molecule is O=C(Oc1ccccc1[N+](=O)[O-])OC1CCSCC1. The average molecular weight is 283 g/mol. The Morgan fingerprint density at radius 1 is 1.32 bits per heavy atom. The minimum atomic E-state index is -0.883. The lowest BCUT2D eigenvalue weighted by molar-refractivity contribution is -0.385. The van der Waals surface area contributed by atoms with Crippen molar-refractivity contribution in [3.63, 3.8) is 0 Å². The summed E-state index contributed by atoms with van der Waals surface area (Å²) in [6, 6.07) is 5.72. The molecule has 19 heavy (non-hydrogen) atoms. The molecule has 7 heteroatoms. The number of benzene rings is 1. The maximum atomic E-state index is 11.6. The van der Waals surface area contributed by atoms with Crippen LogP contribution in [0.3, 0.4) is 0 Å². The second kappa shape index (κ2) is 6.42. The zero-order chi connectivity index (χ0) is 13.7. The fourth-order valence-corrected chi connectivity index (χ4v) is 2.80. The Balaban J connectivity index is 1.96. The molecule has 1 aromatic carbocycles. The van der Waals surface area contributed by atoms with Gasteiger partial charge in [0.15, 0.2) is 0 Å². The molecule has 0 unspecified atom stereocenters. The minimum Gasteiger partial charge on any atom is -0.431 e. The number of thioether (sulfide) groups is 1. The number of nitro benzene ring substituents is 1. The van der Waals surface area contributed by atoms with Gasteiger partial charge >= 0.3 is 11.8 Å². The largest absolute Gasteiger partial charge is 0.514 e. The Hall–Kier alpha value is -1.76. The number of para-hydroxylation sites is 2. The second-order valence-corrected chi connectivity index (χ2v) is 5.23. The van der Waals surface area contributed by atoms with Crippen molar-refractivity contribution in [3.05, 3.63) is 34.4 Å². The van der Waals surface area contributed by atoms with E-state index in [9.17, 15) is 14.9 Å². The highest BCUT2D eigenvalue weighted by Gasteiger charge is 2.22. The highest BCUT2D eigenvalue weighted by atomic mass is 32.2. The number of rotatable bonds is 3. The van der Waals surface area contributed by atoms with Crippen molar-refractivity contribution < 1.29 is 19.2 Å². The van der Waals surface area contributed by atoms with Crippen LogP contribution < -0.4 is 4.74 Å². The topological polar surface area (TPSA) is 78.7 Å². The number of nitrogens with zero attached hydrogens (tertiary/aromatic N) is 1. The van der Waals surface area contributed by atoms with Crippen LogP contribution in [0.15, 0.2) is 24.3 Å². The van der Waals surface area contributed by atoms with E-state index in [1.54, 1.807) is 6.07 Å². The molecule has 1 saturated heterocycles. The third kappa shape index (κ3) is 3.85.